The largest absolute Gasteiger partial charge is 0.479 e. The Hall–Kier alpha value is -1.49. The summed E-state index contributed by atoms with van der Waals surface area (Å²) in [5, 5.41) is 9.03. The highest BCUT2D eigenvalue weighted by Gasteiger charge is 2.57. The number of halogens is 1. The van der Waals surface area contributed by atoms with Gasteiger partial charge in [-0.1, -0.05) is 0 Å². The third kappa shape index (κ3) is 1.57. The molecule has 1 atom stereocenters. The van der Waals surface area contributed by atoms with E-state index in [9.17, 15) is 9.18 Å². The number of nitrogens with zero attached hydrogens (tertiary/aromatic N) is 1. The second kappa shape index (κ2) is 3.83. The van der Waals surface area contributed by atoms with E-state index in [2.05, 4.69) is 4.98 Å². The van der Waals surface area contributed by atoms with Gasteiger partial charge in [-0.3, -0.25) is 4.98 Å². The summed E-state index contributed by atoms with van der Waals surface area (Å²) in [4.78, 5) is 15.0. The summed E-state index contributed by atoms with van der Waals surface area (Å²) in [5.74, 6) is -1.55. The number of carboxylic acid groups (broad SMARTS) is 1. The molecule has 5 heteroatoms. The van der Waals surface area contributed by atoms with Gasteiger partial charge in [0.05, 0.1) is 11.1 Å². The molecular formula is C11H12FNO3. The molecule has 16 heavy (non-hydrogen) atoms. The van der Waals surface area contributed by atoms with E-state index in [1.165, 1.54) is 25.4 Å². The lowest BCUT2D eigenvalue weighted by Gasteiger charge is -2.21. The van der Waals surface area contributed by atoms with E-state index in [-0.39, 0.29) is 5.69 Å². The van der Waals surface area contributed by atoms with Crippen LogP contribution in [-0.4, -0.2) is 29.3 Å². The Kier molecular flexibility index (Phi) is 2.63. The van der Waals surface area contributed by atoms with Crippen molar-refractivity contribution in [1.82, 2.24) is 4.98 Å². The highest BCUT2D eigenvalue weighted by molar-refractivity contribution is 5.75. The molecule has 0 amide bonds. The van der Waals surface area contributed by atoms with E-state index < -0.39 is 23.3 Å². The minimum Gasteiger partial charge on any atom is -0.479 e. The van der Waals surface area contributed by atoms with Gasteiger partial charge < -0.3 is 9.84 Å². The monoisotopic (exact) mass is 225 g/mol. The Morgan fingerprint density at radius 1 is 1.69 bits per heavy atom. The van der Waals surface area contributed by atoms with Gasteiger partial charge in [-0.05, 0) is 25.0 Å². The predicted molar refractivity (Wildman–Crippen MR) is 53.5 cm³/mol. The molecule has 1 aromatic heterocycles. The summed E-state index contributed by atoms with van der Waals surface area (Å²) in [7, 11) is 1.32. The number of carbonyl (C=O) groups is 1. The second-order valence-electron chi connectivity index (χ2n) is 3.94. The molecule has 1 unspecified atom stereocenters. The van der Waals surface area contributed by atoms with Crippen LogP contribution in [0.1, 0.15) is 18.5 Å². The molecule has 0 saturated heterocycles. The zero-order valence-electron chi connectivity index (χ0n) is 8.81. The van der Waals surface area contributed by atoms with Gasteiger partial charge in [0.2, 0.25) is 0 Å². The lowest BCUT2D eigenvalue weighted by molar-refractivity contribution is -0.150. The minimum atomic E-state index is -1.08. The van der Waals surface area contributed by atoms with E-state index in [4.69, 9.17) is 9.84 Å². The number of hydrogen-bond donors (Lipinski definition) is 1. The minimum absolute atomic E-state index is 0.198. The molecule has 0 bridgehead atoms. The van der Waals surface area contributed by atoms with Crippen molar-refractivity contribution in [2.24, 2.45) is 0 Å². The summed E-state index contributed by atoms with van der Waals surface area (Å²) >= 11 is 0. The number of pyridine rings is 1. The van der Waals surface area contributed by atoms with Crippen molar-refractivity contribution in [2.75, 3.05) is 7.11 Å². The molecule has 1 aliphatic rings. The molecular weight excluding hydrogens is 213 g/mol. The van der Waals surface area contributed by atoms with Crippen molar-refractivity contribution in [3.8, 4) is 0 Å². The fourth-order valence-corrected chi connectivity index (χ4v) is 2.07. The summed E-state index contributed by atoms with van der Waals surface area (Å²) in [6.07, 6.45) is 1.61. The molecule has 1 aliphatic carbocycles. The van der Waals surface area contributed by atoms with Crippen LogP contribution in [0.3, 0.4) is 0 Å². The third-order valence-electron chi connectivity index (χ3n) is 2.98. The average molecular weight is 225 g/mol. The zero-order chi connectivity index (χ0) is 11.8. The molecule has 86 valence electrons. The van der Waals surface area contributed by atoms with E-state index >= 15 is 0 Å². The molecule has 4 nitrogen and oxygen atoms in total. The lowest BCUT2D eigenvalue weighted by Crippen LogP contribution is -2.37. The maximum atomic E-state index is 13.6. The lowest BCUT2D eigenvalue weighted by atomic mass is 9.94. The molecule has 2 rings (SSSR count). The fraction of sp³-hybridized carbons (Fsp3) is 0.455. The molecule has 1 saturated carbocycles. The van der Waals surface area contributed by atoms with Gasteiger partial charge in [-0.25, -0.2) is 9.18 Å². The zero-order valence-corrected chi connectivity index (χ0v) is 8.81. The predicted octanol–water partition coefficient (Wildman–Crippen LogP) is 1.35. The Balaban J connectivity index is 2.39. The topological polar surface area (TPSA) is 59.4 Å². The quantitative estimate of drug-likeness (QED) is 0.840. The van der Waals surface area contributed by atoms with Crippen LogP contribution >= 0.6 is 0 Å². The fourth-order valence-electron chi connectivity index (χ4n) is 2.07. The van der Waals surface area contributed by atoms with E-state index in [1.54, 1.807) is 0 Å². The molecule has 1 aromatic rings. The number of carboxylic acids is 1. The van der Waals surface area contributed by atoms with Gasteiger partial charge in [0, 0.05) is 13.3 Å². The summed E-state index contributed by atoms with van der Waals surface area (Å²) < 4.78 is 18.5. The van der Waals surface area contributed by atoms with Crippen LogP contribution in [-0.2, 0) is 14.9 Å². The number of hydrogen-bond acceptors (Lipinski definition) is 3. The highest BCUT2D eigenvalue weighted by atomic mass is 19.1. The van der Waals surface area contributed by atoms with E-state index in [0.29, 0.717) is 12.8 Å². The summed E-state index contributed by atoms with van der Waals surface area (Å²) in [6, 6.07) is 2.77. The van der Waals surface area contributed by atoms with Gasteiger partial charge in [0.15, 0.2) is 6.10 Å². The average Bonchev–Trinajstić information content (AvgIpc) is 3.00. The molecule has 0 aliphatic heterocycles. The molecule has 1 fully saturated rings. The van der Waals surface area contributed by atoms with Crippen LogP contribution < -0.4 is 0 Å². The van der Waals surface area contributed by atoms with Gasteiger partial charge in [0.25, 0.3) is 0 Å². The SMILES string of the molecule is COC(C(=O)O)C1(c2ncccc2F)CC1. The van der Waals surface area contributed by atoms with Crippen molar-refractivity contribution >= 4 is 5.97 Å². The Labute approximate surface area is 92.1 Å². The first-order valence-corrected chi connectivity index (χ1v) is 4.98. The van der Waals surface area contributed by atoms with Crippen molar-refractivity contribution in [1.29, 1.82) is 0 Å². The van der Waals surface area contributed by atoms with Gasteiger partial charge in [-0.15, -0.1) is 0 Å². The van der Waals surface area contributed by atoms with Gasteiger partial charge in [0.1, 0.15) is 5.82 Å². The van der Waals surface area contributed by atoms with Crippen LogP contribution in [0.25, 0.3) is 0 Å². The summed E-state index contributed by atoms with van der Waals surface area (Å²) in [5.41, 5.74) is -0.587. The number of aliphatic carboxylic acids is 1. The van der Waals surface area contributed by atoms with Crippen LogP contribution in [0.4, 0.5) is 4.39 Å². The molecule has 0 radical (unpaired) electrons. The van der Waals surface area contributed by atoms with Crippen LogP contribution in [0, 0.1) is 5.82 Å². The third-order valence-corrected chi connectivity index (χ3v) is 2.98. The van der Waals surface area contributed by atoms with Crippen LogP contribution in [0.15, 0.2) is 18.3 Å². The van der Waals surface area contributed by atoms with Crippen LogP contribution in [0.5, 0.6) is 0 Å². The first-order chi connectivity index (χ1) is 7.62. The smallest absolute Gasteiger partial charge is 0.333 e. The first-order valence-electron chi connectivity index (χ1n) is 4.98. The molecule has 0 aromatic carbocycles. The van der Waals surface area contributed by atoms with Crippen molar-refractivity contribution < 1.29 is 19.0 Å². The summed E-state index contributed by atoms with van der Waals surface area (Å²) in [6.45, 7) is 0. The van der Waals surface area contributed by atoms with Crippen LogP contribution in [0.2, 0.25) is 0 Å². The normalized spacial score (nSPS) is 19.1. The first kappa shape index (κ1) is 11.0. The molecule has 0 spiro atoms. The van der Waals surface area contributed by atoms with E-state index in [0.717, 1.165) is 0 Å². The maximum absolute atomic E-state index is 13.6. The second-order valence-corrected chi connectivity index (χ2v) is 3.94. The number of aromatic nitrogens is 1. The standard InChI is InChI=1S/C11H12FNO3/c1-16-9(10(14)15)11(4-5-11)8-7(12)3-2-6-13-8/h2-3,6,9H,4-5H2,1H3,(H,14,15). The molecule has 1 heterocycles. The maximum Gasteiger partial charge on any atom is 0.333 e. The van der Waals surface area contributed by atoms with Crippen molar-refractivity contribution in [2.45, 2.75) is 24.4 Å². The van der Waals surface area contributed by atoms with Gasteiger partial charge in [-0.2, -0.15) is 0 Å². The highest BCUT2D eigenvalue weighted by Crippen LogP contribution is 2.51. The Bertz CT molecular complexity index is 417. The van der Waals surface area contributed by atoms with E-state index in [1.807, 2.05) is 0 Å². The Morgan fingerprint density at radius 2 is 2.38 bits per heavy atom. The van der Waals surface area contributed by atoms with Crippen molar-refractivity contribution in [3.05, 3.63) is 29.8 Å². The number of ether oxygens (including phenoxy) is 1. The molecule has 1 N–H and O–H groups in total. The number of methoxy groups -OCH3 is 1. The number of rotatable bonds is 4. The van der Waals surface area contributed by atoms with Gasteiger partial charge >= 0.3 is 5.97 Å². The Morgan fingerprint density at radius 3 is 2.81 bits per heavy atom. The van der Waals surface area contributed by atoms with Crippen molar-refractivity contribution in [3.63, 3.8) is 0 Å².